The average Bonchev–Trinajstić information content (AvgIpc) is 2.37. The molecule has 20 heavy (non-hydrogen) atoms. The molecule has 118 valence electrons. The standard InChI is InChI=1S/C8H10F6N2O3S/c9-7(10,11)6(8(12,13)14)16-2-4(1-5(16)17)3-20(15,18)19/h4,6H,1-3H2,(H2,15,18,19). The Morgan fingerprint density at radius 3 is 2.00 bits per heavy atom. The number of hydrogen-bond donors (Lipinski definition) is 1. The molecule has 1 rings (SSSR count). The highest BCUT2D eigenvalue weighted by atomic mass is 32.2. The van der Waals surface area contributed by atoms with Crippen LogP contribution in [0.1, 0.15) is 6.42 Å². The van der Waals surface area contributed by atoms with Crippen LogP contribution in [-0.4, -0.2) is 49.9 Å². The molecule has 2 N–H and O–H groups in total. The van der Waals surface area contributed by atoms with Crippen molar-refractivity contribution in [2.75, 3.05) is 12.3 Å². The minimum absolute atomic E-state index is 0.393. The summed E-state index contributed by atoms with van der Waals surface area (Å²) >= 11 is 0. The van der Waals surface area contributed by atoms with Crippen LogP contribution in [0.25, 0.3) is 0 Å². The maximum atomic E-state index is 12.4. The summed E-state index contributed by atoms with van der Waals surface area (Å²) in [6.07, 6.45) is -12.1. The fraction of sp³-hybridized carbons (Fsp3) is 0.875. The monoisotopic (exact) mass is 328 g/mol. The van der Waals surface area contributed by atoms with Crippen molar-refractivity contribution in [3.63, 3.8) is 0 Å². The molecule has 1 saturated heterocycles. The largest absolute Gasteiger partial charge is 0.417 e. The normalized spacial score (nSPS) is 21.9. The molecule has 1 atom stereocenters. The second-order valence-corrected chi connectivity index (χ2v) is 6.09. The number of rotatable bonds is 3. The summed E-state index contributed by atoms with van der Waals surface area (Å²) in [6, 6.07) is -3.94. The van der Waals surface area contributed by atoms with E-state index in [-0.39, 0.29) is 0 Å². The van der Waals surface area contributed by atoms with Crippen LogP contribution in [0.3, 0.4) is 0 Å². The van der Waals surface area contributed by atoms with Crippen molar-refractivity contribution < 1.29 is 39.6 Å². The number of sulfonamides is 1. The SMILES string of the molecule is NS(=O)(=O)CC1CC(=O)N(C(C(F)(F)F)C(F)(F)F)C1. The fourth-order valence-electron chi connectivity index (χ4n) is 2.04. The highest BCUT2D eigenvalue weighted by Crippen LogP contribution is 2.39. The molecule has 0 saturated carbocycles. The zero-order valence-electron chi connectivity index (χ0n) is 9.70. The predicted octanol–water partition coefficient (Wildman–Crippen LogP) is 0.617. The van der Waals surface area contributed by atoms with Gasteiger partial charge in [-0.05, 0) is 0 Å². The summed E-state index contributed by atoms with van der Waals surface area (Å²) in [7, 11) is -4.09. The number of hydrogen-bond acceptors (Lipinski definition) is 3. The van der Waals surface area contributed by atoms with Crippen LogP contribution in [0.2, 0.25) is 0 Å². The van der Waals surface area contributed by atoms with Crippen LogP contribution in [0, 0.1) is 5.92 Å². The molecule has 12 heteroatoms. The van der Waals surface area contributed by atoms with Gasteiger partial charge in [-0.3, -0.25) is 4.79 Å². The van der Waals surface area contributed by atoms with Crippen LogP contribution < -0.4 is 5.14 Å². The second kappa shape index (κ2) is 5.06. The summed E-state index contributed by atoms with van der Waals surface area (Å²) < 4.78 is 96.2. The van der Waals surface area contributed by atoms with Crippen molar-refractivity contribution in [2.45, 2.75) is 24.8 Å². The van der Waals surface area contributed by atoms with E-state index in [9.17, 15) is 39.6 Å². The molecule has 0 bridgehead atoms. The Hall–Kier alpha value is -1.04. The van der Waals surface area contributed by atoms with Crippen molar-refractivity contribution in [3.05, 3.63) is 0 Å². The van der Waals surface area contributed by atoms with Crippen molar-refractivity contribution in [2.24, 2.45) is 11.1 Å². The van der Waals surface area contributed by atoms with Crippen LogP contribution in [0.5, 0.6) is 0 Å². The van der Waals surface area contributed by atoms with Gasteiger partial charge in [-0.2, -0.15) is 26.3 Å². The first-order valence-corrected chi connectivity index (χ1v) is 6.86. The lowest BCUT2D eigenvalue weighted by molar-refractivity contribution is -0.282. The van der Waals surface area contributed by atoms with Gasteiger partial charge in [-0.15, -0.1) is 0 Å². The van der Waals surface area contributed by atoms with Crippen LogP contribution in [-0.2, 0) is 14.8 Å². The highest BCUT2D eigenvalue weighted by Gasteiger charge is 2.62. The van der Waals surface area contributed by atoms with Gasteiger partial charge in [0.15, 0.2) is 0 Å². The topological polar surface area (TPSA) is 80.5 Å². The third kappa shape index (κ3) is 4.23. The average molecular weight is 328 g/mol. The van der Waals surface area contributed by atoms with Gasteiger partial charge >= 0.3 is 12.4 Å². The number of likely N-dealkylation sites (tertiary alicyclic amines) is 1. The van der Waals surface area contributed by atoms with Gasteiger partial charge in [0.05, 0.1) is 5.75 Å². The summed E-state index contributed by atoms with van der Waals surface area (Å²) in [5.74, 6) is -3.44. The minimum Gasteiger partial charge on any atom is -0.323 e. The molecular formula is C8H10F6N2O3S. The van der Waals surface area contributed by atoms with Gasteiger partial charge in [0, 0.05) is 18.9 Å². The van der Waals surface area contributed by atoms with E-state index in [1.165, 1.54) is 0 Å². The number of nitrogens with zero attached hydrogens (tertiary/aromatic N) is 1. The summed E-state index contributed by atoms with van der Waals surface area (Å²) in [5.41, 5.74) is 0. The quantitative estimate of drug-likeness (QED) is 0.771. The van der Waals surface area contributed by atoms with Gasteiger partial charge in [-0.25, -0.2) is 13.6 Å². The Labute approximate surface area is 109 Å². The third-order valence-corrected chi connectivity index (χ3v) is 3.57. The van der Waals surface area contributed by atoms with Crippen molar-refractivity contribution in [1.29, 1.82) is 0 Å². The predicted molar refractivity (Wildman–Crippen MR) is 53.7 cm³/mol. The number of amides is 1. The Morgan fingerprint density at radius 2 is 1.65 bits per heavy atom. The van der Waals surface area contributed by atoms with E-state index in [0.717, 1.165) is 0 Å². The molecule has 1 amide bonds. The number of halogens is 6. The van der Waals surface area contributed by atoms with Crippen LogP contribution in [0.4, 0.5) is 26.3 Å². The molecule has 0 aromatic rings. The Kier molecular flexibility index (Phi) is 4.30. The molecule has 0 aromatic carbocycles. The lowest BCUT2D eigenvalue weighted by atomic mass is 10.1. The molecule has 0 aliphatic carbocycles. The number of primary sulfonamides is 1. The van der Waals surface area contributed by atoms with E-state index >= 15 is 0 Å². The maximum absolute atomic E-state index is 12.4. The lowest BCUT2D eigenvalue weighted by Gasteiger charge is -2.31. The molecular weight excluding hydrogens is 318 g/mol. The van der Waals surface area contributed by atoms with Gasteiger partial charge in [0.25, 0.3) is 0 Å². The van der Waals surface area contributed by atoms with E-state index in [0.29, 0.717) is 0 Å². The number of alkyl halides is 6. The zero-order chi connectivity index (χ0) is 15.9. The molecule has 0 spiro atoms. The van der Waals surface area contributed by atoms with Crippen molar-refractivity contribution in [3.8, 4) is 0 Å². The molecule has 1 aliphatic heterocycles. The van der Waals surface area contributed by atoms with Crippen LogP contribution >= 0.6 is 0 Å². The fourth-order valence-corrected chi connectivity index (χ4v) is 2.92. The van der Waals surface area contributed by atoms with Crippen molar-refractivity contribution >= 4 is 15.9 Å². The Morgan fingerprint density at radius 1 is 1.20 bits per heavy atom. The Balaban J connectivity index is 2.98. The zero-order valence-corrected chi connectivity index (χ0v) is 10.5. The van der Waals surface area contributed by atoms with E-state index in [2.05, 4.69) is 5.14 Å². The van der Waals surface area contributed by atoms with Crippen LogP contribution in [0.15, 0.2) is 0 Å². The molecule has 1 fully saturated rings. The first-order valence-electron chi connectivity index (χ1n) is 5.15. The molecule has 1 aliphatic rings. The highest BCUT2D eigenvalue weighted by molar-refractivity contribution is 7.89. The van der Waals surface area contributed by atoms with Gasteiger partial charge in [0.1, 0.15) is 0 Å². The third-order valence-electron chi connectivity index (χ3n) is 2.64. The lowest BCUT2D eigenvalue weighted by Crippen LogP contribution is -2.55. The molecule has 5 nitrogen and oxygen atoms in total. The van der Waals surface area contributed by atoms with Gasteiger partial charge in [0.2, 0.25) is 22.0 Å². The number of carbonyl (C=O) groups is 1. The van der Waals surface area contributed by atoms with E-state index in [1.54, 1.807) is 0 Å². The summed E-state index contributed by atoms with van der Waals surface area (Å²) in [5, 5.41) is 4.65. The number of carbonyl (C=O) groups excluding carboxylic acids is 1. The number of nitrogens with two attached hydrogens (primary N) is 1. The second-order valence-electron chi connectivity index (χ2n) is 4.43. The van der Waals surface area contributed by atoms with E-state index in [1.807, 2.05) is 0 Å². The van der Waals surface area contributed by atoms with Crippen molar-refractivity contribution in [1.82, 2.24) is 4.90 Å². The molecule has 1 unspecified atom stereocenters. The minimum atomic E-state index is -5.69. The van der Waals surface area contributed by atoms with Gasteiger partial charge in [-0.1, -0.05) is 0 Å². The first-order chi connectivity index (χ1) is 8.72. The first kappa shape index (κ1) is 17.0. The summed E-state index contributed by atoms with van der Waals surface area (Å²) in [6.45, 7) is -0.959. The maximum Gasteiger partial charge on any atom is 0.417 e. The molecule has 1 heterocycles. The van der Waals surface area contributed by atoms with E-state index < -0.39 is 63.9 Å². The summed E-state index contributed by atoms with van der Waals surface area (Å²) in [4.78, 5) is 10.9. The molecule has 0 radical (unpaired) electrons. The van der Waals surface area contributed by atoms with Gasteiger partial charge < -0.3 is 4.90 Å². The van der Waals surface area contributed by atoms with E-state index in [4.69, 9.17) is 0 Å². The molecule has 0 aromatic heterocycles. The Bertz CT molecular complexity index is 471. The smallest absolute Gasteiger partial charge is 0.323 e.